The van der Waals surface area contributed by atoms with E-state index in [4.69, 9.17) is 4.74 Å². The Morgan fingerprint density at radius 1 is 1.25 bits per heavy atom. The molecule has 1 rings (SSSR count). The van der Waals surface area contributed by atoms with E-state index in [9.17, 15) is 4.79 Å². The zero-order valence-corrected chi connectivity index (χ0v) is 13.2. The maximum absolute atomic E-state index is 12.4. The van der Waals surface area contributed by atoms with E-state index in [0.717, 1.165) is 37.1 Å². The molecule has 0 aromatic heterocycles. The van der Waals surface area contributed by atoms with Crippen LogP contribution in [0.3, 0.4) is 0 Å². The van der Waals surface area contributed by atoms with Crippen molar-refractivity contribution in [1.82, 2.24) is 4.90 Å². The van der Waals surface area contributed by atoms with Gasteiger partial charge in [-0.15, -0.1) is 0 Å². The van der Waals surface area contributed by atoms with E-state index in [-0.39, 0.29) is 5.78 Å². The molecule has 1 unspecified atom stereocenters. The summed E-state index contributed by atoms with van der Waals surface area (Å²) in [5, 5.41) is 0. The molecule has 20 heavy (non-hydrogen) atoms. The third kappa shape index (κ3) is 4.97. The highest BCUT2D eigenvalue weighted by Crippen LogP contribution is 2.13. The molecule has 0 saturated carbocycles. The number of hydrogen-bond acceptors (Lipinski definition) is 3. The average molecular weight is 277 g/mol. The smallest absolute Gasteiger partial charge is 0.176 e. The fourth-order valence-electron chi connectivity index (χ4n) is 2.13. The molecule has 0 heterocycles. The summed E-state index contributed by atoms with van der Waals surface area (Å²) >= 11 is 0. The molecular weight excluding hydrogens is 250 g/mol. The molecule has 3 heteroatoms. The number of benzene rings is 1. The Morgan fingerprint density at radius 3 is 2.40 bits per heavy atom. The predicted octanol–water partition coefficient (Wildman–Crippen LogP) is 3.78. The standard InChI is InChI=1S/C17H27NO2/c1-5-7-12-18(14(3)6-2)13-17(19)15-8-10-16(20-4)11-9-15/h8-11,14H,5-7,12-13H2,1-4H3. The Balaban J connectivity index is 2.68. The maximum Gasteiger partial charge on any atom is 0.176 e. The third-order valence-corrected chi connectivity index (χ3v) is 3.77. The Kier molecular flexibility index (Phi) is 7.31. The molecule has 3 nitrogen and oxygen atoms in total. The molecule has 0 N–H and O–H groups in total. The molecule has 0 aliphatic heterocycles. The van der Waals surface area contributed by atoms with Crippen LogP contribution in [-0.2, 0) is 0 Å². The first-order chi connectivity index (χ1) is 9.62. The molecule has 0 aliphatic carbocycles. The summed E-state index contributed by atoms with van der Waals surface area (Å²) in [6.07, 6.45) is 3.36. The number of methoxy groups -OCH3 is 1. The van der Waals surface area contributed by atoms with Gasteiger partial charge in [-0.2, -0.15) is 0 Å². The number of carbonyl (C=O) groups excluding carboxylic acids is 1. The number of ether oxygens (including phenoxy) is 1. The Morgan fingerprint density at radius 2 is 1.90 bits per heavy atom. The van der Waals surface area contributed by atoms with Crippen LogP contribution in [0.1, 0.15) is 50.4 Å². The van der Waals surface area contributed by atoms with Crippen LogP contribution in [0, 0.1) is 0 Å². The minimum Gasteiger partial charge on any atom is -0.497 e. The number of Topliss-reactive ketones (excluding diaryl/α,β-unsaturated/α-hetero) is 1. The zero-order chi connectivity index (χ0) is 15.0. The summed E-state index contributed by atoms with van der Waals surface area (Å²) < 4.78 is 5.12. The summed E-state index contributed by atoms with van der Waals surface area (Å²) in [7, 11) is 1.63. The van der Waals surface area contributed by atoms with Crippen LogP contribution in [0.4, 0.5) is 0 Å². The van der Waals surface area contributed by atoms with Gasteiger partial charge in [-0.1, -0.05) is 20.3 Å². The van der Waals surface area contributed by atoms with Crippen LogP contribution in [0.5, 0.6) is 5.75 Å². The average Bonchev–Trinajstić information content (AvgIpc) is 2.50. The van der Waals surface area contributed by atoms with Crippen molar-refractivity contribution in [3.63, 3.8) is 0 Å². The Labute approximate surface area is 122 Å². The molecule has 0 fully saturated rings. The van der Waals surface area contributed by atoms with Crippen molar-refractivity contribution in [1.29, 1.82) is 0 Å². The van der Waals surface area contributed by atoms with Crippen molar-refractivity contribution in [2.45, 2.75) is 46.1 Å². The van der Waals surface area contributed by atoms with E-state index in [1.54, 1.807) is 7.11 Å². The highest BCUT2D eigenvalue weighted by atomic mass is 16.5. The van der Waals surface area contributed by atoms with Gasteiger partial charge in [-0.05, 0) is 50.6 Å². The third-order valence-electron chi connectivity index (χ3n) is 3.77. The SMILES string of the molecule is CCCCN(CC(=O)c1ccc(OC)cc1)C(C)CC. The Hall–Kier alpha value is -1.35. The van der Waals surface area contributed by atoms with Crippen molar-refractivity contribution in [3.8, 4) is 5.75 Å². The topological polar surface area (TPSA) is 29.5 Å². The highest BCUT2D eigenvalue weighted by Gasteiger charge is 2.16. The first-order valence-electron chi connectivity index (χ1n) is 7.53. The van der Waals surface area contributed by atoms with Gasteiger partial charge in [0, 0.05) is 11.6 Å². The van der Waals surface area contributed by atoms with Crippen molar-refractivity contribution in [2.75, 3.05) is 20.2 Å². The van der Waals surface area contributed by atoms with Gasteiger partial charge in [-0.3, -0.25) is 9.69 Å². The number of carbonyl (C=O) groups is 1. The number of rotatable bonds is 9. The minimum absolute atomic E-state index is 0.184. The second kappa shape index (κ2) is 8.75. The first-order valence-corrected chi connectivity index (χ1v) is 7.53. The monoisotopic (exact) mass is 277 g/mol. The molecule has 0 saturated heterocycles. The number of hydrogen-bond donors (Lipinski definition) is 0. The summed E-state index contributed by atoms with van der Waals surface area (Å²) in [6, 6.07) is 7.81. The van der Waals surface area contributed by atoms with Crippen LogP contribution in [0.25, 0.3) is 0 Å². The highest BCUT2D eigenvalue weighted by molar-refractivity contribution is 5.97. The lowest BCUT2D eigenvalue weighted by atomic mass is 10.1. The van der Waals surface area contributed by atoms with Gasteiger partial charge >= 0.3 is 0 Å². The van der Waals surface area contributed by atoms with Crippen LogP contribution in [0.15, 0.2) is 24.3 Å². The lowest BCUT2D eigenvalue weighted by Crippen LogP contribution is -2.37. The number of nitrogens with zero attached hydrogens (tertiary/aromatic N) is 1. The number of ketones is 1. The molecule has 1 aromatic carbocycles. The molecule has 0 bridgehead atoms. The van der Waals surface area contributed by atoms with Gasteiger partial charge in [0.05, 0.1) is 13.7 Å². The van der Waals surface area contributed by atoms with Gasteiger partial charge in [-0.25, -0.2) is 0 Å². The molecule has 0 aliphatic rings. The molecular formula is C17H27NO2. The molecule has 1 aromatic rings. The Bertz CT molecular complexity index is 400. The molecule has 0 amide bonds. The maximum atomic E-state index is 12.4. The quantitative estimate of drug-likeness (QED) is 0.643. The first kappa shape index (κ1) is 16.7. The van der Waals surface area contributed by atoms with E-state index in [2.05, 4.69) is 25.7 Å². The zero-order valence-electron chi connectivity index (χ0n) is 13.2. The van der Waals surface area contributed by atoms with E-state index < -0.39 is 0 Å². The summed E-state index contributed by atoms with van der Waals surface area (Å²) in [6.45, 7) is 8.03. The van der Waals surface area contributed by atoms with Gasteiger partial charge < -0.3 is 4.74 Å². The van der Waals surface area contributed by atoms with E-state index in [1.807, 2.05) is 24.3 Å². The molecule has 0 spiro atoms. The van der Waals surface area contributed by atoms with Crippen molar-refractivity contribution in [2.24, 2.45) is 0 Å². The van der Waals surface area contributed by atoms with Gasteiger partial charge in [0.1, 0.15) is 5.75 Å². The molecule has 1 atom stereocenters. The van der Waals surface area contributed by atoms with Gasteiger partial charge in [0.15, 0.2) is 5.78 Å². The summed E-state index contributed by atoms with van der Waals surface area (Å²) in [4.78, 5) is 14.6. The van der Waals surface area contributed by atoms with E-state index in [1.165, 1.54) is 0 Å². The summed E-state index contributed by atoms with van der Waals surface area (Å²) in [5.41, 5.74) is 0.760. The minimum atomic E-state index is 0.184. The predicted molar refractivity (Wildman–Crippen MR) is 83.6 cm³/mol. The molecule has 0 radical (unpaired) electrons. The van der Waals surface area contributed by atoms with Crippen LogP contribution >= 0.6 is 0 Å². The largest absolute Gasteiger partial charge is 0.497 e. The molecule has 112 valence electrons. The van der Waals surface area contributed by atoms with E-state index in [0.29, 0.717) is 12.6 Å². The second-order valence-corrected chi connectivity index (χ2v) is 5.23. The van der Waals surface area contributed by atoms with Crippen LogP contribution < -0.4 is 4.74 Å². The lowest BCUT2D eigenvalue weighted by molar-refractivity contribution is 0.0894. The van der Waals surface area contributed by atoms with Crippen LogP contribution in [0.2, 0.25) is 0 Å². The van der Waals surface area contributed by atoms with E-state index >= 15 is 0 Å². The van der Waals surface area contributed by atoms with Crippen molar-refractivity contribution < 1.29 is 9.53 Å². The summed E-state index contributed by atoms with van der Waals surface area (Å²) in [5.74, 6) is 0.968. The van der Waals surface area contributed by atoms with Gasteiger partial charge in [0.2, 0.25) is 0 Å². The van der Waals surface area contributed by atoms with Crippen LogP contribution in [-0.4, -0.2) is 36.9 Å². The lowest BCUT2D eigenvalue weighted by Gasteiger charge is -2.27. The fraction of sp³-hybridized carbons (Fsp3) is 0.588. The fourth-order valence-corrected chi connectivity index (χ4v) is 2.13. The van der Waals surface area contributed by atoms with Crippen molar-refractivity contribution >= 4 is 5.78 Å². The second-order valence-electron chi connectivity index (χ2n) is 5.23. The number of unbranched alkanes of at least 4 members (excludes halogenated alkanes) is 1. The van der Waals surface area contributed by atoms with Gasteiger partial charge in [0.25, 0.3) is 0 Å². The van der Waals surface area contributed by atoms with Crippen molar-refractivity contribution in [3.05, 3.63) is 29.8 Å². The normalized spacial score (nSPS) is 12.4.